The number of allylic oxidation sites excluding steroid dienone is 1. The number of thiazole rings is 1. The Balaban J connectivity index is 2.79. The van der Waals surface area contributed by atoms with Crippen molar-refractivity contribution in [2.24, 2.45) is 4.99 Å². The maximum atomic E-state index is 4.17. The third kappa shape index (κ3) is 2.66. The molecule has 1 N–H and O–H groups in total. The van der Waals surface area contributed by atoms with Crippen molar-refractivity contribution in [1.82, 2.24) is 10.3 Å². The van der Waals surface area contributed by atoms with Gasteiger partial charge in [-0.05, 0) is 20.0 Å². The average molecular weight is 195 g/mol. The van der Waals surface area contributed by atoms with Crippen molar-refractivity contribution in [3.05, 3.63) is 28.4 Å². The fraction of sp³-hybridized carbons (Fsp3) is 0.333. The maximum Gasteiger partial charge on any atom is 0.143 e. The molecule has 0 amide bonds. The van der Waals surface area contributed by atoms with Crippen LogP contribution < -0.4 is 5.32 Å². The second-order valence-electron chi connectivity index (χ2n) is 2.46. The van der Waals surface area contributed by atoms with Gasteiger partial charge in [0.2, 0.25) is 0 Å². The molecule has 0 fully saturated rings. The van der Waals surface area contributed by atoms with Gasteiger partial charge in [-0.25, -0.2) is 4.98 Å². The van der Waals surface area contributed by atoms with Gasteiger partial charge in [0.25, 0.3) is 0 Å². The third-order valence-electron chi connectivity index (χ3n) is 1.46. The van der Waals surface area contributed by atoms with Crippen molar-refractivity contribution >= 4 is 17.2 Å². The summed E-state index contributed by atoms with van der Waals surface area (Å²) in [6, 6.07) is 0. The summed E-state index contributed by atoms with van der Waals surface area (Å²) < 4.78 is 0. The van der Waals surface area contributed by atoms with E-state index in [2.05, 4.69) is 15.3 Å². The van der Waals surface area contributed by atoms with Gasteiger partial charge in [-0.2, -0.15) is 0 Å². The van der Waals surface area contributed by atoms with Crippen molar-refractivity contribution in [3.63, 3.8) is 0 Å². The molecule has 0 bridgehead atoms. The molecule has 1 aromatic heterocycles. The molecular weight excluding hydrogens is 182 g/mol. The quantitative estimate of drug-likeness (QED) is 0.578. The van der Waals surface area contributed by atoms with E-state index in [0.717, 1.165) is 15.7 Å². The second kappa shape index (κ2) is 4.77. The second-order valence-corrected chi connectivity index (χ2v) is 3.69. The van der Waals surface area contributed by atoms with Crippen LogP contribution >= 0.6 is 11.3 Å². The van der Waals surface area contributed by atoms with E-state index in [9.17, 15) is 0 Å². The predicted molar refractivity (Wildman–Crippen MR) is 57.3 cm³/mol. The molecule has 0 aromatic carbocycles. The van der Waals surface area contributed by atoms with E-state index in [1.54, 1.807) is 18.4 Å². The van der Waals surface area contributed by atoms with Crippen molar-refractivity contribution < 1.29 is 0 Å². The number of aromatic nitrogens is 1. The molecule has 0 saturated heterocycles. The van der Waals surface area contributed by atoms with Crippen LogP contribution in [0.3, 0.4) is 0 Å². The molecule has 13 heavy (non-hydrogen) atoms. The standard InChI is InChI=1S/C9H13N3S/c1-4-5-11-9(10-3)8-6-12-7(2)13-8/h4-6H,1-3H3,(H,10,11)/b5-4-. The number of hydrogen-bond donors (Lipinski definition) is 1. The van der Waals surface area contributed by atoms with Gasteiger partial charge in [0.1, 0.15) is 5.84 Å². The Morgan fingerprint density at radius 2 is 2.46 bits per heavy atom. The van der Waals surface area contributed by atoms with Crippen molar-refractivity contribution in [3.8, 4) is 0 Å². The molecule has 1 rings (SSSR count). The van der Waals surface area contributed by atoms with Crippen LogP contribution in [0.2, 0.25) is 0 Å². The number of aryl methyl sites for hydroxylation is 1. The lowest BCUT2D eigenvalue weighted by Crippen LogP contribution is -2.16. The lowest BCUT2D eigenvalue weighted by molar-refractivity contribution is 1.22. The van der Waals surface area contributed by atoms with Crippen molar-refractivity contribution in [2.45, 2.75) is 13.8 Å². The van der Waals surface area contributed by atoms with E-state index in [1.807, 2.05) is 32.3 Å². The Kier molecular flexibility index (Phi) is 3.64. The van der Waals surface area contributed by atoms with E-state index in [1.165, 1.54) is 0 Å². The molecule has 4 heteroatoms. The number of amidine groups is 1. The van der Waals surface area contributed by atoms with E-state index in [4.69, 9.17) is 0 Å². The Morgan fingerprint density at radius 1 is 1.69 bits per heavy atom. The average Bonchev–Trinajstić information content (AvgIpc) is 2.54. The molecule has 0 atom stereocenters. The molecule has 0 unspecified atom stereocenters. The minimum atomic E-state index is 0.865. The van der Waals surface area contributed by atoms with Gasteiger partial charge in [-0.1, -0.05) is 6.08 Å². The highest BCUT2D eigenvalue weighted by Gasteiger charge is 2.03. The lowest BCUT2D eigenvalue weighted by Gasteiger charge is -2.00. The van der Waals surface area contributed by atoms with Crippen molar-refractivity contribution in [1.29, 1.82) is 0 Å². The van der Waals surface area contributed by atoms with Gasteiger partial charge >= 0.3 is 0 Å². The Morgan fingerprint density at radius 3 is 2.92 bits per heavy atom. The van der Waals surface area contributed by atoms with Gasteiger partial charge in [0, 0.05) is 13.2 Å². The first-order valence-electron chi connectivity index (χ1n) is 4.05. The fourth-order valence-electron chi connectivity index (χ4n) is 0.879. The van der Waals surface area contributed by atoms with Crippen LogP contribution in [0.25, 0.3) is 0 Å². The summed E-state index contributed by atoms with van der Waals surface area (Å²) in [5, 5.41) is 4.14. The van der Waals surface area contributed by atoms with E-state index in [-0.39, 0.29) is 0 Å². The van der Waals surface area contributed by atoms with Gasteiger partial charge in [0.15, 0.2) is 0 Å². The van der Waals surface area contributed by atoms with Crippen LogP contribution in [-0.4, -0.2) is 17.9 Å². The molecule has 70 valence electrons. The van der Waals surface area contributed by atoms with Crippen LogP contribution in [-0.2, 0) is 0 Å². The number of hydrogen-bond acceptors (Lipinski definition) is 3. The number of rotatable bonds is 2. The molecule has 1 aromatic rings. The maximum absolute atomic E-state index is 4.17. The summed E-state index contributed by atoms with van der Waals surface area (Å²) in [5.41, 5.74) is 0. The monoisotopic (exact) mass is 195 g/mol. The van der Waals surface area contributed by atoms with Gasteiger partial charge in [0.05, 0.1) is 9.88 Å². The van der Waals surface area contributed by atoms with E-state index >= 15 is 0 Å². The predicted octanol–water partition coefficient (Wildman–Crippen LogP) is 1.95. The van der Waals surface area contributed by atoms with Gasteiger partial charge < -0.3 is 5.32 Å². The van der Waals surface area contributed by atoms with Gasteiger partial charge in [-0.3, -0.25) is 4.99 Å². The Bertz CT molecular complexity index is 325. The zero-order chi connectivity index (χ0) is 9.68. The molecular formula is C9H13N3S. The molecule has 0 aliphatic carbocycles. The number of aliphatic imine (C=N–C) groups is 1. The summed E-state index contributed by atoms with van der Waals surface area (Å²) in [6.07, 6.45) is 5.62. The highest BCUT2D eigenvalue weighted by atomic mass is 32.1. The highest BCUT2D eigenvalue weighted by molar-refractivity contribution is 7.13. The van der Waals surface area contributed by atoms with Gasteiger partial charge in [-0.15, -0.1) is 11.3 Å². The number of nitrogens with zero attached hydrogens (tertiary/aromatic N) is 2. The fourth-order valence-corrected chi connectivity index (χ4v) is 1.65. The minimum Gasteiger partial charge on any atom is -0.346 e. The summed E-state index contributed by atoms with van der Waals surface area (Å²) >= 11 is 1.63. The number of nitrogens with one attached hydrogen (secondary N) is 1. The molecule has 0 aliphatic rings. The molecule has 0 aliphatic heterocycles. The topological polar surface area (TPSA) is 37.3 Å². The summed E-state index contributed by atoms with van der Waals surface area (Å²) in [5.74, 6) is 0.865. The van der Waals surface area contributed by atoms with Crippen LogP contribution in [0.1, 0.15) is 16.8 Å². The highest BCUT2D eigenvalue weighted by Crippen LogP contribution is 2.11. The van der Waals surface area contributed by atoms with Crippen LogP contribution in [0.4, 0.5) is 0 Å². The Hall–Kier alpha value is -1.16. The van der Waals surface area contributed by atoms with E-state index < -0.39 is 0 Å². The Labute approximate surface area is 82.2 Å². The summed E-state index contributed by atoms with van der Waals surface area (Å²) in [7, 11) is 1.76. The molecule has 3 nitrogen and oxygen atoms in total. The van der Waals surface area contributed by atoms with Crippen molar-refractivity contribution in [2.75, 3.05) is 7.05 Å². The molecule has 1 heterocycles. The van der Waals surface area contributed by atoms with Crippen LogP contribution in [0, 0.1) is 6.92 Å². The smallest absolute Gasteiger partial charge is 0.143 e. The van der Waals surface area contributed by atoms with Crippen LogP contribution in [0.5, 0.6) is 0 Å². The van der Waals surface area contributed by atoms with E-state index in [0.29, 0.717) is 0 Å². The first-order valence-corrected chi connectivity index (χ1v) is 4.87. The summed E-state index contributed by atoms with van der Waals surface area (Å²) in [6.45, 7) is 3.94. The molecule has 0 saturated carbocycles. The van der Waals surface area contributed by atoms with Crippen LogP contribution in [0.15, 0.2) is 23.5 Å². The third-order valence-corrected chi connectivity index (χ3v) is 2.38. The lowest BCUT2D eigenvalue weighted by atomic mass is 10.5. The summed E-state index contributed by atoms with van der Waals surface area (Å²) in [4.78, 5) is 9.37. The largest absolute Gasteiger partial charge is 0.346 e. The first-order chi connectivity index (χ1) is 6.27. The normalized spacial score (nSPS) is 12.4. The zero-order valence-electron chi connectivity index (χ0n) is 8.03. The first kappa shape index (κ1) is 9.92. The molecule has 0 radical (unpaired) electrons. The zero-order valence-corrected chi connectivity index (χ0v) is 8.85. The SMILES string of the molecule is C/C=C\NC(=NC)c1cnc(C)s1. The minimum absolute atomic E-state index is 0.865. The molecule has 0 spiro atoms.